The minimum atomic E-state index is 0.576. The van der Waals surface area contributed by atoms with Crippen LogP contribution in [-0.2, 0) is 0 Å². The van der Waals surface area contributed by atoms with Crippen LogP contribution in [0.4, 0.5) is 0 Å². The van der Waals surface area contributed by atoms with Crippen molar-refractivity contribution in [2.75, 3.05) is 0 Å². The van der Waals surface area contributed by atoms with E-state index >= 15 is 0 Å². The molecule has 0 fully saturated rings. The van der Waals surface area contributed by atoms with Crippen LogP contribution in [0.15, 0.2) is 173 Å². The average Bonchev–Trinajstić information content (AvgIpc) is 3.77. The first kappa shape index (κ1) is 28.2. The maximum absolute atomic E-state index is 6.24. The molecular formula is C45H27N3O2. The van der Waals surface area contributed by atoms with Gasteiger partial charge in [-0.25, -0.2) is 15.0 Å². The summed E-state index contributed by atoms with van der Waals surface area (Å²) in [5.41, 5.74) is 10.6. The molecule has 10 aromatic rings. The fourth-order valence-corrected chi connectivity index (χ4v) is 6.97. The molecule has 0 aliphatic carbocycles. The minimum Gasteiger partial charge on any atom is -0.456 e. The van der Waals surface area contributed by atoms with E-state index in [-0.39, 0.29) is 0 Å². The van der Waals surface area contributed by atoms with E-state index in [1.54, 1.807) is 0 Å². The Balaban J connectivity index is 1.14. The molecule has 0 aliphatic heterocycles. The van der Waals surface area contributed by atoms with Gasteiger partial charge in [-0.3, -0.25) is 0 Å². The molecule has 0 radical (unpaired) electrons. The van der Waals surface area contributed by atoms with Crippen LogP contribution in [0.2, 0.25) is 0 Å². The topological polar surface area (TPSA) is 65.0 Å². The van der Waals surface area contributed by atoms with Gasteiger partial charge in [0.05, 0.1) is 0 Å². The second-order valence-electron chi connectivity index (χ2n) is 12.4. The van der Waals surface area contributed by atoms with Gasteiger partial charge in [-0.05, 0) is 46.5 Å². The maximum Gasteiger partial charge on any atom is 0.164 e. The minimum absolute atomic E-state index is 0.576. The van der Waals surface area contributed by atoms with Gasteiger partial charge in [-0.1, -0.05) is 140 Å². The lowest BCUT2D eigenvalue weighted by molar-refractivity contribution is 0.668. The highest BCUT2D eigenvalue weighted by molar-refractivity contribution is 6.13. The number of hydrogen-bond acceptors (Lipinski definition) is 5. The zero-order chi connectivity index (χ0) is 33.0. The van der Waals surface area contributed by atoms with Gasteiger partial charge in [-0.2, -0.15) is 0 Å². The highest BCUT2D eigenvalue weighted by Gasteiger charge is 2.20. The van der Waals surface area contributed by atoms with E-state index in [1.807, 2.05) is 66.7 Å². The van der Waals surface area contributed by atoms with Crippen LogP contribution in [0.25, 0.3) is 100 Å². The smallest absolute Gasteiger partial charge is 0.164 e. The van der Waals surface area contributed by atoms with E-state index < -0.39 is 0 Å². The Morgan fingerprint density at radius 2 is 0.660 bits per heavy atom. The molecule has 7 aromatic carbocycles. The van der Waals surface area contributed by atoms with Crippen molar-refractivity contribution in [1.29, 1.82) is 0 Å². The summed E-state index contributed by atoms with van der Waals surface area (Å²) >= 11 is 0. The molecule has 0 saturated heterocycles. The lowest BCUT2D eigenvalue weighted by Crippen LogP contribution is -2.00. The lowest BCUT2D eigenvalue weighted by atomic mass is 9.99. The molecule has 5 heteroatoms. The summed E-state index contributed by atoms with van der Waals surface area (Å²) in [5.74, 6) is 1.74. The number of furan rings is 2. The molecule has 0 bridgehead atoms. The molecule has 0 aliphatic rings. The van der Waals surface area contributed by atoms with Crippen LogP contribution in [0.3, 0.4) is 0 Å². The van der Waals surface area contributed by atoms with Gasteiger partial charge in [0.25, 0.3) is 0 Å². The summed E-state index contributed by atoms with van der Waals surface area (Å²) in [6.45, 7) is 0. The third-order valence-electron chi connectivity index (χ3n) is 9.39. The fourth-order valence-electron chi connectivity index (χ4n) is 6.97. The quantitative estimate of drug-likeness (QED) is 0.187. The van der Waals surface area contributed by atoms with Gasteiger partial charge in [0.15, 0.2) is 17.5 Å². The van der Waals surface area contributed by atoms with E-state index in [2.05, 4.69) is 97.1 Å². The summed E-state index contributed by atoms with van der Waals surface area (Å²) < 4.78 is 12.5. The van der Waals surface area contributed by atoms with E-state index in [9.17, 15) is 0 Å². The number of aromatic nitrogens is 3. The fraction of sp³-hybridized carbons (Fsp3) is 0. The van der Waals surface area contributed by atoms with E-state index in [0.717, 1.165) is 71.7 Å². The molecule has 0 saturated carbocycles. The standard InChI is InChI=1S/C45H27N3O2/c1-2-10-28(11-3-1)29-20-22-30(23-21-29)31-24-26-32(27-25-31)43-46-44(35-14-8-18-39-41(35)33-12-4-6-16-37(33)49-39)48-45(47-43)36-15-9-19-40-42(36)34-13-5-7-17-38(34)50-40/h1-27H. The average molecular weight is 642 g/mol. The first-order valence-corrected chi connectivity index (χ1v) is 16.6. The Labute approximate surface area is 287 Å². The summed E-state index contributed by atoms with van der Waals surface area (Å²) in [6.07, 6.45) is 0. The van der Waals surface area contributed by atoms with Crippen molar-refractivity contribution in [3.63, 3.8) is 0 Å². The summed E-state index contributed by atoms with van der Waals surface area (Å²) in [6, 6.07) is 55.8. The zero-order valence-corrected chi connectivity index (χ0v) is 26.7. The monoisotopic (exact) mass is 641 g/mol. The third-order valence-corrected chi connectivity index (χ3v) is 9.39. The van der Waals surface area contributed by atoms with Gasteiger partial charge in [0.2, 0.25) is 0 Å². The largest absolute Gasteiger partial charge is 0.456 e. The SMILES string of the molecule is c1ccc(-c2ccc(-c3ccc(-c4nc(-c5cccc6oc7ccccc7c56)nc(-c5cccc6oc7ccccc7c56)n4)cc3)cc2)cc1. The Hall–Kier alpha value is -6.85. The van der Waals surface area contributed by atoms with Crippen molar-refractivity contribution >= 4 is 43.9 Å². The number of benzene rings is 7. The van der Waals surface area contributed by atoms with Crippen molar-refractivity contribution in [2.24, 2.45) is 0 Å². The highest BCUT2D eigenvalue weighted by Crippen LogP contribution is 2.39. The Kier molecular flexibility index (Phi) is 6.42. The number of rotatable bonds is 5. The molecule has 0 atom stereocenters. The van der Waals surface area contributed by atoms with Gasteiger partial charge in [0.1, 0.15) is 22.3 Å². The Bertz CT molecular complexity index is 2720. The van der Waals surface area contributed by atoms with Crippen molar-refractivity contribution in [3.8, 4) is 56.4 Å². The van der Waals surface area contributed by atoms with Crippen LogP contribution < -0.4 is 0 Å². The molecular weight excluding hydrogens is 615 g/mol. The second-order valence-corrected chi connectivity index (χ2v) is 12.4. The van der Waals surface area contributed by atoms with Crippen LogP contribution in [0.1, 0.15) is 0 Å². The van der Waals surface area contributed by atoms with Crippen LogP contribution >= 0.6 is 0 Å². The zero-order valence-electron chi connectivity index (χ0n) is 26.7. The molecule has 234 valence electrons. The molecule has 0 spiro atoms. The molecule has 3 aromatic heterocycles. The number of nitrogens with zero attached hydrogens (tertiary/aromatic N) is 3. The summed E-state index contributed by atoms with van der Waals surface area (Å²) in [4.78, 5) is 15.4. The molecule has 0 amide bonds. The molecule has 5 nitrogen and oxygen atoms in total. The van der Waals surface area contributed by atoms with Gasteiger partial charge in [-0.15, -0.1) is 0 Å². The Morgan fingerprint density at radius 1 is 0.280 bits per heavy atom. The number of hydrogen-bond donors (Lipinski definition) is 0. The lowest BCUT2D eigenvalue weighted by Gasteiger charge is -2.11. The number of para-hydroxylation sites is 2. The highest BCUT2D eigenvalue weighted by atomic mass is 16.3. The van der Waals surface area contributed by atoms with Crippen molar-refractivity contribution in [1.82, 2.24) is 15.0 Å². The van der Waals surface area contributed by atoms with Crippen LogP contribution in [0.5, 0.6) is 0 Å². The Morgan fingerprint density at radius 3 is 1.16 bits per heavy atom. The predicted molar refractivity (Wildman–Crippen MR) is 202 cm³/mol. The first-order chi connectivity index (χ1) is 24.8. The summed E-state index contributed by atoms with van der Waals surface area (Å²) in [7, 11) is 0. The molecule has 50 heavy (non-hydrogen) atoms. The normalized spacial score (nSPS) is 11.6. The second kappa shape index (κ2) is 11.4. The molecule has 3 heterocycles. The molecule has 0 unspecified atom stereocenters. The van der Waals surface area contributed by atoms with Gasteiger partial charge < -0.3 is 8.83 Å². The van der Waals surface area contributed by atoms with Crippen molar-refractivity contribution in [2.45, 2.75) is 0 Å². The summed E-state index contributed by atoms with van der Waals surface area (Å²) in [5, 5.41) is 4.00. The van der Waals surface area contributed by atoms with Crippen LogP contribution in [0, 0.1) is 0 Å². The maximum atomic E-state index is 6.24. The van der Waals surface area contributed by atoms with Crippen molar-refractivity contribution in [3.05, 3.63) is 164 Å². The molecule has 0 N–H and O–H groups in total. The molecule has 10 rings (SSSR count). The van der Waals surface area contributed by atoms with Gasteiger partial charge >= 0.3 is 0 Å². The third kappa shape index (κ3) is 4.67. The van der Waals surface area contributed by atoms with E-state index in [4.69, 9.17) is 23.8 Å². The van der Waals surface area contributed by atoms with Crippen molar-refractivity contribution < 1.29 is 8.83 Å². The van der Waals surface area contributed by atoms with E-state index in [1.165, 1.54) is 11.1 Å². The van der Waals surface area contributed by atoms with E-state index in [0.29, 0.717) is 17.5 Å². The predicted octanol–water partition coefficient (Wildman–Crippen LogP) is 12.0. The first-order valence-electron chi connectivity index (χ1n) is 16.6. The van der Waals surface area contributed by atoms with Crippen LogP contribution in [-0.4, -0.2) is 15.0 Å². The van der Waals surface area contributed by atoms with Gasteiger partial charge in [0, 0.05) is 38.2 Å². The number of fused-ring (bicyclic) bond motifs is 6.